The molecule has 0 saturated heterocycles. The third kappa shape index (κ3) is 8.91. The Labute approximate surface area is 354 Å². The lowest BCUT2D eigenvalue weighted by molar-refractivity contribution is 0.0686. The lowest BCUT2D eigenvalue weighted by Crippen LogP contribution is -2.20. The first-order valence-corrected chi connectivity index (χ1v) is 18.2. The molecule has 4 heterocycles. The third-order valence-electron chi connectivity index (χ3n) is 9.22. The second-order valence-corrected chi connectivity index (χ2v) is 13.2. The van der Waals surface area contributed by atoms with E-state index in [0.29, 0.717) is 0 Å². The molecule has 19 heteroatoms. The van der Waals surface area contributed by atoms with Crippen molar-refractivity contribution in [2.75, 3.05) is 14.7 Å². The summed E-state index contributed by atoms with van der Waals surface area (Å²) in [6.45, 7) is 0. The van der Waals surface area contributed by atoms with Gasteiger partial charge in [0, 0.05) is 47.8 Å². The summed E-state index contributed by atoms with van der Waals surface area (Å²) in [7, 11) is 0. The monoisotopic (exact) mass is 847 g/mol. The minimum absolute atomic E-state index is 0.0511. The highest BCUT2D eigenvalue weighted by Gasteiger charge is 2.27. The van der Waals surface area contributed by atoms with Gasteiger partial charge in [0.05, 0.1) is 39.1 Å². The van der Waals surface area contributed by atoms with Gasteiger partial charge >= 0.3 is 35.8 Å². The molecule has 0 bridgehead atoms. The number of nitrogens with zero attached hydrogens (tertiary/aromatic N) is 7. The van der Waals surface area contributed by atoms with Gasteiger partial charge in [-0.3, -0.25) is 14.7 Å². The number of hydrogen-bond donors (Lipinski definition) is 6. The van der Waals surface area contributed by atoms with E-state index in [0.717, 1.165) is 0 Å². The second-order valence-electron chi connectivity index (χ2n) is 13.2. The van der Waals surface area contributed by atoms with Crippen LogP contribution in [0.3, 0.4) is 0 Å². The number of carboxylic acid groups (broad SMARTS) is 6. The summed E-state index contributed by atoms with van der Waals surface area (Å²) < 4.78 is 0. The predicted octanol–water partition coefficient (Wildman–Crippen LogP) is 7.87. The van der Waals surface area contributed by atoms with Crippen LogP contribution >= 0.6 is 0 Å². The third-order valence-corrected chi connectivity index (χ3v) is 9.22. The fourth-order valence-electron chi connectivity index (χ4n) is 6.38. The Morgan fingerprint density at radius 1 is 0.317 bits per heavy atom. The van der Waals surface area contributed by atoms with E-state index in [-0.39, 0.29) is 85.2 Å². The molecular weight excluding hydrogens is 819 g/mol. The smallest absolute Gasteiger partial charge is 0.335 e. The molecule has 0 saturated carbocycles. The number of aromatic nitrogens is 4. The van der Waals surface area contributed by atoms with E-state index in [9.17, 15) is 59.4 Å². The Balaban J connectivity index is 1.64. The van der Waals surface area contributed by atoms with E-state index in [4.69, 9.17) is 4.98 Å². The summed E-state index contributed by atoms with van der Waals surface area (Å²) in [4.78, 5) is 95.9. The SMILES string of the molecule is O=C(O)c1cccc(N(c2cc(N(c3cccc(C(=O)O)c3)c3cc(C(=O)O)ccn3)nc(N(c3cccc(C(=O)O)c3)c3cc(C(=O)O)ccn3)c2)c2cc(C(=O)O)ccn2)c1. The summed E-state index contributed by atoms with van der Waals surface area (Å²) in [5.74, 6) is -8.43. The quantitative estimate of drug-likeness (QED) is 0.0572. The molecule has 7 rings (SSSR count). The van der Waals surface area contributed by atoms with Crippen LogP contribution in [0.5, 0.6) is 0 Å². The van der Waals surface area contributed by atoms with Crippen molar-refractivity contribution in [2.24, 2.45) is 0 Å². The van der Waals surface area contributed by atoms with Crippen molar-refractivity contribution < 1.29 is 59.4 Å². The Morgan fingerprint density at radius 2 is 0.603 bits per heavy atom. The summed E-state index contributed by atoms with van der Waals surface area (Å²) in [5.41, 5.74) is -0.841. The van der Waals surface area contributed by atoms with Crippen LogP contribution < -0.4 is 14.7 Å². The van der Waals surface area contributed by atoms with Crippen molar-refractivity contribution in [3.8, 4) is 0 Å². The van der Waals surface area contributed by atoms with Crippen molar-refractivity contribution in [1.82, 2.24) is 19.9 Å². The first-order chi connectivity index (χ1) is 30.2. The molecule has 0 atom stereocenters. The van der Waals surface area contributed by atoms with E-state index >= 15 is 0 Å². The molecule has 4 aromatic heterocycles. The molecule has 312 valence electrons. The van der Waals surface area contributed by atoms with Crippen molar-refractivity contribution in [1.29, 1.82) is 0 Å². The number of pyridine rings is 4. The van der Waals surface area contributed by atoms with Gasteiger partial charge in [-0.1, -0.05) is 18.2 Å². The van der Waals surface area contributed by atoms with Crippen molar-refractivity contribution in [3.05, 3.63) is 173 Å². The molecule has 0 unspecified atom stereocenters. The van der Waals surface area contributed by atoms with Crippen molar-refractivity contribution in [3.63, 3.8) is 0 Å². The molecule has 0 aliphatic rings. The predicted molar refractivity (Wildman–Crippen MR) is 223 cm³/mol. The fourth-order valence-corrected chi connectivity index (χ4v) is 6.38. The second kappa shape index (κ2) is 17.4. The van der Waals surface area contributed by atoms with Crippen LogP contribution in [0.25, 0.3) is 0 Å². The lowest BCUT2D eigenvalue weighted by Gasteiger charge is -2.31. The first-order valence-electron chi connectivity index (χ1n) is 18.2. The molecule has 63 heavy (non-hydrogen) atoms. The van der Waals surface area contributed by atoms with Gasteiger partial charge in [0.25, 0.3) is 0 Å². The number of hydrogen-bond acceptors (Lipinski definition) is 13. The van der Waals surface area contributed by atoms with Crippen molar-refractivity contribution >= 4 is 87.7 Å². The molecule has 0 amide bonds. The molecule has 7 aromatic rings. The maximum absolute atomic E-state index is 12.3. The highest BCUT2D eigenvalue weighted by Crippen LogP contribution is 2.44. The fraction of sp³-hybridized carbons (Fsp3) is 0. The first kappa shape index (κ1) is 41.6. The zero-order chi connectivity index (χ0) is 44.9. The Bertz CT molecular complexity index is 2500. The Morgan fingerprint density at radius 3 is 0.921 bits per heavy atom. The number of rotatable bonds is 15. The van der Waals surface area contributed by atoms with Crippen LogP contribution in [0.1, 0.15) is 62.1 Å². The van der Waals surface area contributed by atoms with Gasteiger partial charge in [-0.2, -0.15) is 0 Å². The lowest BCUT2D eigenvalue weighted by atomic mass is 10.1. The van der Waals surface area contributed by atoms with E-state index in [2.05, 4.69) is 15.0 Å². The van der Waals surface area contributed by atoms with Gasteiger partial charge in [-0.15, -0.1) is 0 Å². The Kier molecular flexibility index (Phi) is 11.5. The summed E-state index contributed by atoms with van der Waals surface area (Å²) >= 11 is 0. The normalized spacial score (nSPS) is 10.7. The van der Waals surface area contributed by atoms with Crippen LogP contribution in [0, 0.1) is 0 Å². The van der Waals surface area contributed by atoms with Crippen LogP contribution in [0.4, 0.5) is 51.8 Å². The minimum atomic E-state index is -1.33. The summed E-state index contributed by atoms with van der Waals surface area (Å²) in [6, 6.07) is 26.7. The topological polar surface area (TPSA) is 285 Å². The average Bonchev–Trinajstić information content (AvgIpc) is 3.27. The van der Waals surface area contributed by atoms with Gasteiger partial charge in [0.15, 0.2) is 0 Å². The number of benzene rings is 3. The van der Waals surface area contributed by atoms with Crippen LogP contribution in [-0.2, 0) is 0 Å². The maximum Gasteiger partial charge on any atom is 0.335 e. The zero-order valence-corrected chi connectivity index (χ0v) is 32.0. The van der Waals surface area contributed by atoms with Gasteiger partial charge in [0.2, 0.25) is 0 Å². The van der Waals surface area contributed by atoms with Gasteiger partial charge < -0.3 is 30.6 Å². The molecule has 6 N–H and O–H groups in total. The molecule has 0 radical (unpaired) electrons. The average molecular weight is 848 g/mol. The van der Waals surface area contributed by atoms with Crippen LogP contribution in [0.2, 0.25) is 0 Å². The highest BCUT2D eigenvalue weighted by atomic mass is 16.4. The summed E-state index contributed by atoms with van der Waals surface area (Å²) in [5, 5.41) is 60.0. The van der Waals surface area contributed by atoms with E-state index in [1.54, 1.807) is 0 Å². The van der Waals surface area contributed by atoms with Gasteiger partial charge in [0.1, 0.15) is 29.1 Å². The van der Waals surface area contributed by atoms with Crippen molar-refractivity contribution in [2.45, 2.75) is 0 Å². The van der Waals surface area contributed by atoms with Crippen LogP contribution in [0.15, 0.2) is 140 Å². The highest BCUT2D eigenvalue weighted by molar-refractivity contribution is 5.96. The molecule has 0 fully saturated rings. The summed E-state index contributed by atoms with van der Waals surface area (Å²) in [6.07, 6.45) is 3.62. The largest absolute Gasteiger partial charge is 0.478 e. The van der Waals surface area contributed by atoms with Gasteiger partial charge in [-0.25, -0.2) is 48.7 Å². The molecule has 0 aliphatic heterocycles. The van der Waals surface area contributed by atoms with E-state index in [1.807, 2.05) is 0 Å². The maximum atomic E-state index is 12.3. The minimum Gasteiger partial charge on any atom is -0.478 e. The standard InChI is InChI=1S/C44H29N7O12/c52-39(53)24-4-1-7-30(16-24)49(34-19-27(42(58)59)10-13-45-34)33-22-37(50(31-8-2-5-25(17-31)40(54)55)35-20-28(43(60)61)11-14-46-35)48-38(23-33)51(32-9-3-6-26(18-32)41(56)57)36-21-29(44(62)63)12-15-47-36/h1-23H,(H,52,53)(H,54,55)(H,56,57)(H,58,59)(H,60,61)(H,62,63). The number of anilines is 9. The molecule has 3 aromatic carbocycles. The number of carboxylic acids is 6. The van der Waals surface area contributed by atoms with E-state index < -0.39 is 35.8 Å². The molecule has 0 aliphatic carbocycles. The van der Waals surface area contributed by atoms with E-state index in [1.165, 1.54) is 155 Å². The molecule has 0 spiro atoms. The number of aromatic carboxylic acids is 6. The van der Waals surface area contributed by atoms with Gasteiger partial charge in [-0.05, 0) is 91.0 Å². The number of carbonyl (C=O) groups is 6. The molecule has 19 nitrogen and oxygen atoms in total. The zero-order valence-electron chi connectivity index (χ0n) is 32.0. The van der Waals surface area contributed by atoms with Crippen LogP contribution in [-0.4, -0.2) is 86.4 Å². The molecular formula is C44H29N7O12. The Hall–Kier alpha value is -9.52.